The Morgan fingerprint density at radius 1 is 1.20 bits per heavy atom. The average molecular weight is 489 g/mol. The van der Waals surface area contributed by atoms with Gasteiger partial charge in [-0.25, -0.2) is 9.48 Å². The molecule has 0 bridgehead atoms. The number of nitro groups is 1. The van der Waals surface area contributed by atoms with Crippen LogP contribution in [0.1, 0.15) is 24.1 Å². The van der Waals surface area contributed by atoms with E-state index in [0.717, 1.165) is 18.2 Å². The molecule has 2 aromatic heterocycles. The summed E-state index contributed by atoms with van der Waals surface area (Å²) in [6.45, 7) is 1.75. The van der Waals surface area contributed by atoms with Gasteiger partial charge in [0.25, 0.3) is 5.69 Å². The van der Waals surface area contributed by atoms with Crippen molar-refractivity contribution in [2.75, 3.05) is 5.32 Å². The minimum Gasteiger partial charge on any atom is -0.407 e. The first kappa shape index (κ1) is 23.7. The summed E-state index contributed by atoms with van der Waals surface area (Å²) < 4.78 is 46.8. The van der Waals surface area contributed by atoms with Crippen LogP contribution in [0, 0.1) is 17.0 Å². The van der Waals surface area contributed by atoms with E-state index in [-0.39, 0.29) is 42.2 Å². The Kier molecular flexibility index (Phi) is 6.16. The van der Waals surface area contributed by atoms with Gasteiger partial charge in [0.05, 0.1) is 33.5 Å². The molecule has 0 saturated carbocycles. The topological polar surface area (TPSA) is 125 Å². The molecule has 10 nitrogen and oxygen atoms in total. The Morgan fingerprint density at radius 2 is 1.97 bits per heavy atom. The van der Waals surface area contributed by atoms with Crippen LogP contribution in [-0.4, -0.2) is 25.2 Å². The summed E-state index contributed by atoms with van der Waals surface area (Å²) >= 11 is 0. The number of nitrogens with one attached hydrogen (secondary N) is 1. The number of carbonyl (C=O) groups is 1. The second-order valence-electron chi connectivity index (χ2n) is 7.71. The summed E-state index contributed by atoms with van der Waals surface area (Å²) in [4.78, 5) is 34.9. The van der Waals surface area contributed by atoms with Crippen molar-refractivity contribution in [3.05, 3.63) is 80.5 Å². The molecule has 4 rings (SSSR count). The summed E-state index contributed by atoms with van der Waals surface area (Å²) in [5.41, 5.74) is -0.0145. The maximum atomic E-state index is 13.1. The molecule has 0 aliphatic carbocycles. The predicted octanol–water partition coefficient (Wildman–Crippen LogP) is 4.43. The lowest BCUT2D eigenvalue weighted by atomic mass is 10.2. The Morgan fingerprint density at radius 3 is 2.69 bits per heavy atom. The first-order valence-corrected chi connectivity index (χ1v) is 10.3. The van der Waals surface area contributed by atoms with Crippen LogP contribution in [0.3, 0.4) is 0 Å². The van der Waals surface area contributed by atoms with Gasteiger partial charge in [0.1, 0.15) is 5.82 Å². The number of aromatic nitrogens is 3. The average Bonchev–Trinajstić information content (AvgIpc) is 3.31. The number of nitrogens with zero attached hydrogens (tertiary/aromatic N) is 4. The van der Waals surface area contributed by atoms with Gasteiger partial charge in [-0.1, -0.05) is 6.07 Å². The summed E-state index contributed by atoms with van der Waals surface area (Å²) in [7, 11) is 0. The third-order valence-corrected chi connectivity index (χ3v) is 5.17. The quantitative estimate of drug-likeness (QED) is 0.302. The van der Waals surface area contributed by atoms with Crippen LogP contribution in [0.25, 0.3) is 16.8 Å². The molecule has 2 heterocycles. The van der Waals surface area contributed by atoms with Crippen LogP contribution in [0.15, 0.2) is 57.7 Å². The third kappa shape index (κ3) is 5.08. The van der Waals surface area contributed by atoms with Crippen molar-refractivity contribution < 1.29 is 27.3 Å². The van der Waals surface area contributed by atoms with Crippen LogP contribution in [0.5, 0.6) is 0 Å². The van der Waals surface area contributed by atoms with Crippen LogP contribution < -0.4 is 11.1 Å². The van der Waals surface area contributed by atoms with Crippen molar-refractivity contribution in [2.24, 2.45) is 0 Å². The first-order valence-electron chi connectivity index (χ1n) is 10.3. The number of nitro benzene ring substituents is 1. The van der Waals surface area contributed by atoms with Crippen LogP contribution in [-0.2, 0) is 17.5 Å². The molecule has 0 saturated heterocycles. The van der Waals surface area contributed by atoms with Crippen molar-refractivity contribution in [1.82, 2.24) is 14.3 Å². The number of halogens is 3. The van der Waals surface area contributed by atoms with Gasteiger partial charge in [0, 0.05) is 25.1 Å². The van der Waals surface area contributed by atoms with Crippen molar-refractivity contribution in [3.8, 4) is 5.69 Å². The van der Waals surface area contributed by atoms with Gasteiger partial charge in [-0.3, -0.25) is 19.5 Å². The Bertz CT molecular complexity index is 1480. The summed E-state index contributed by atoms with van der Waals surface area (Å²) in [6, 6.07) is 9.89. The minimum atomic E-state index is -4.53. The molecule has 2 aromatic carbocycles. The fourth-order valence-corrected chi connectivity index (χ4v) is 3.58. The highest BCUT2D eigenvalue weighted by Gasteiger charge is 2.30. The van der Waals surface area contributed by atoms with Gasteiger partial charge in [0.15, 0.2) is 5.58 Å². The highest BCUT2D eigenvalue weighted by atomic mass is 19.4. The summed E-state index contributed by atoms with van der Waals surface area (Å²) in [6.07, 6.45) is -4.31. The number of aryl methyl sites for hydroxylation is 2. The minimum absolute atomic E-state index is 0.0150. The van der Waals surface area contributed by atoms with Crippen molar-refractivity contribution in [3.63, 3.8) is 0 Å². The molecule has 182 valence electrons. The molecule has 0 unspecified atom stereocenters. The molecule has 0 aliphatic rings. The fraction of sp³-hybridized carbons (Fsp3) is 0.227. The van der Waals surface area contributed by atoms with Crippen molar-refractivity contribution in [1.29, 1.82) is 0 Å². The smallest absolute Gasteiger partial charge is 0.407 e. The van der Waals surface area contributed by atoms with Crippen molar-refractivity contribution in [2.45, 2.75) is 32.5 Å². The van der Waals surface area contributed by atoms with Crippen LogP contribution in [0.4, 0.5) is 24.7 Å². The molecule has 0 spiro atoms. The molecule has 0 radical (unpaired) electrons. The van der Waals surface area contributed by atoms with Gasteiger partial charge in [-0.05, 0) is 37.6 Å². The first-order chi connectivity index (χ1) is 16.5. The largest absolute Gasteiger partial charge is 0.419 e. The molecule has 0 fully saturated rings. The maximum absolute atomic E-state index is 13.1. The van der Waals surface area contributed by atoms with Gasteiger partial charge in [-0.2, -0.15) is 18.3 Å². The van der Waals surface area contributed by atoms with E-state index < -0.39 is 28.3 Å². The van der Waals surface area contributed by atoms with Gasteiger partial charge < -0.3 is 9.73 Å². The summed E-state index contributed by atoms with van der Waals surface area (Å²) in [5, 5.41) is 17.7. The van der Waals surface area contributed by atoms with Gasteiger partial charge in [-0.15, -0.1) is 0 Å². The highest BCUT2D eigenvalue weighted by Crippen LogP contribution is 2.31. The van der Waals surface area contributed by atoms with E-state index in [9.17, 15) is 32.9 Å². The van der Waals surface area contributed by atoms with Crippen LogP contribution >= 0.6 is 0 Å². The number of hydrogen-bond donors (Lipinski definition) is 1. The van der Waals surface area contributed by atoms with Gasteiger partial charge in [0.2, 0.25) is 5.91 Å². The zero-order valence-electron chi connectivity index (χ0n) is 18.2. The summed E-state index contributed by atoms with van der Waals surface area (Å²) in [5.74, 6) is -0.946. The normalized spacial score (nSPS) is 11.7. The van der Waals surface area contributed by atoms with E-state index in [4.69, 9.17) is 4.42 Å². The molecule has 1 N–H and O–H groups in total. The van der Waals surface area contributed by atoms with Crippen LogP contribution in [0.2, 0.25) is 0 Å². The second kappa shape index (κ2) is 9.08. The SMILES string of the molecule is Cc1cc(NC(=O)CCCn2c(=O)oc3cc([N+](=O)[O-])ccc32)n(-c2cccc(C(F)(F)F)c2)n1. The number of oxazole rings is 1. The highest BCUT2D eigenvalue weighted by molar-refractivity contribution is 5.90. The van der Waals surface area contributed by atoms with Gasteiger partial charge >= 0.3 is 11.9 Å². The zero-order chi connectivity index (χ0) is 25.3. The number of anilines is 1. The Labute approximate surface area is 194 Å². The van der Waals surface area contributed by atoms with E-state index in [0.29, 0.717) is 11.2 Å². The molecule has 1 amide bonds. The third-order valence-electron chi connectivity index (χ3n) is 5.17. The van der Waals surface area contributed by atoms with Crippen molar-refractivity contribution >= 4 is 28.5 Å². The monoisotopic (exact) mass is 489 g/mol. The van der Waals surface area contributed by atoms with E-state index in [1.54, 1.807) is 6.92 Å². The molecule has 0 atom stereocenters. The molecule has 4 aromatic rings. The molecule has 13 heteroatoms. The number of alkyl halides is 3. The maximum Gasteiger partial charge on any atom is 0.419 e. The standard InChI is InChI=1S/C22H18F3N5O5/c1-13-10-19(29(27-13)15-5-2-4-14(11-15)22(23,24)25)26-20(31)6-3-9-28-17-8-7-16(30(33)34)12-18(17)35-21(28)32/h2,4-5,7-8,10-12H,3,6,9H2,1H3,(H,26,31). The second-order valence-corrected chi connectivity index (χ2v) is 7.71. The lowest BCUT2D eigenvalue weighted by Crippen LogP contribution is -2.18. The fourth-order valence-electron chi connectivity index (χ4n) is 3.58. The number of non-ortho nitro benzene ring substituents is 1. The number of benzene rings is 2. The number of fused-ring (bicyclic) bond motifs is 1. The molecular weight excluding hydrogens is 471 g/mol. The van der Waals surface area contributed by atoms with E-state index in [1.165, 1.54) is 39.6 Å². The number of rotatable bonds is 7. The Balaban J connectivity index is 1.45. The number of carbonyl (C=O) groups excluding carboxylic acids is 1. The van der Waals surface area contributed by atoms with E-state index >= 15 is 0 Å². The van der Waals surface area contributed by atoms with E-state index in [1.807, 2.05) is 0 Å². The molecule has 0 aliphatic heterocycles. The predicted molar refractivity (Wildman–Crippen MR) is 118 cm³/mol. The Hall–Kier alpha value is -4.42. The lowest BCUT2D eigenvalue weighted by molar-refractivity contribution is -0.384. The molecular formula is C22H18F3N5O5. The lowest BCUT2D eigenvalue weighted by Gasteiger charge is -2.12. The number of amides is 1. The zero-order valence-corrected chi connectivity index (χ0v) is 18.2. The van der Waals surface area contributed by atoms with E-state index in [2.05, 4.69) is 10.4 Å². The molecule has 35 heavy (non-hydrogen) atoms. The number of hydrogen-bond acceptors (Lipinski definition) is 6.